The van der Waals surface area contributed by atoms with Crippen molar-refractivity contribution in [3.05, 3.63) is 59.2 Å². The predicted molar refractivity (Wildman–Crippen MR) is 112 cm³/mol. The van der Waals surface area contributed by atoms with Gasteiger partial charge in [-0.2, -0.15) is 5.26 Å². The lowest BCUT2D eigenvalue weighted by molar-refractivity contribution is -0.132. The van der Waals surface area contributed by atoms with Crippen molar-refractivity contribution in [2.75, 3.05) is 32.7 Å². The number of amides is 1. The third kappa shape index (κ3) is 5.22. The van der Waals surface area contributed by atoms with Crippen molar-refractivity contribution in [2.45, 2.75) is 25.7 Å². The summed E-state index contributed by atoms with van der Waals surface area (Å²) in [7, 11) is 0. The summed E-state index contributed by atoms with van der Waals surface area (Å²) in [4.78, 5) is 16.9. The fourth-order valence-electron chi connectivity index (χ4n) is 3.91. The highest BCUT2D eigenvalue weighted by molar-refractivity contribution is 5.79. The van der Waals surface area contributed by atoms with E-state index in [0.29, 0.717) is 25.9 Å². The van der Waals surface area contributed by atoms with Gasteiger partial charge in [0.05, 0.1) is 23.8 Å². The molecular formula is C22H24FN7O. The van der Waals surface area contributed by atoms with E-state index in [-0.39, 0.29) is 17.3 Å². The van der Waals surface area contributed by atoms with Crippen LogP contribution in [0.25, 0.3) is 5.69 Å². The number of carbonyl (C=O) groups excluding carboxylic acids is 1. The molecule has 1 saturated heterocycles. The van der Waals surface area contributed by atoms with Gasteiger partial charge < -0.3 is 4.90 Å². The normalized spacial score (nSPS) is 17.4. The molecular weight excluding hydrogens is 397 g/mol. The Labute approximate surface area is 180 Å². The summed E-state index contributed by atoms with van der Waals surface area (Å²) >= 11 is 0. The maximum absolute atomic E-state index is 13.8. The van der Waals surface area contributed by atoms with Crippen LogP contribution in [0.5, 0.6) is 0 Å². The van der Waals surface area contributed by atoms with Gasteiger partial charge in [-0.1, -0.05) is 17.7 Å². The summed E-state index contributed by atoms with van der Waals surface area (Å²) in [6.45, 7) is 3.89. The molecule has 2 heterocycles. The number of nitrogens with zero attached hydrogens (tertiary/aromatic N) is 7. The van der Waals surface area contributed by atoms with Gasteiger partial charge in [-0.3, -0.25) is 9.69 Å². The van der Waals surface area contributed by atoms with E-state index in [1.807, 2.05) is 35.2 Å². The molecule has 1 aliphatic carbocycles. The number of carbonyl (C=O) groups is 1. The van der Waals surface area contributed by atoms with Crippen LogP contribution in [0, 0.1) is 11.3 Å². The van der Waals surface area contributed by atoms with Crippen molar-refractivity contribution >= 4 is 5.91 Å². The highest BCUT2D eigenvalue weighted by Crippen LogP contribution is 2.26. The molecule has 31 heavy (non-hydrogen) atoms. The molecule has 1 amide bonds. The van der Waals surface area contributed by atoms with Crippen LogP contribution >= 0.6 is 0 Å². The van der Waals surface area contributed by atoms with Gasteiger partial charge in [-0.15, -0.1) is 5.10 Å². The van der Waals surface area contributed by atoms with Crippen LogP contribution in [-0.4, -0.2) is 68.6 Å². The predicted octanol–water partition coefficient (Wildman–Crippen LogP) is 2.21. The van der Waals surface area contributed by atoms with E-state index < -0.39 is 0 Å². The van der Waals surface area contributed by atoms with Gasteiger partial charge in [0.15, 0.2) is 0 Å². The number of halogens is 1. The summed E-state index contributed by atoms with van der Waals surface area (Å²) in [6.07, 6.45) is 5.46. The molecule has 0 radical (unpaired) electrons. The Morgan fingerprint density at radius 1 is 1.13 bits per heavy atom. The number of tetrazole rings is 1. The lowest BCUT2D eigenvalue weighted by Gasteiger charge is -2.35. The van der Waals surface area contributed by atoms with Crippen molar-refractivity contribution in [3.63, 3.8) is 0 Å². The fourth-order valence-corrected chi connectivity index (χ4v) is 3.91. The van der Waals surface area contributed by atoms with Crippen LogP contribution in [0.1, 0.15) is 24.8 Å². The van der Waals surface area contributed by atoms with E-state index in [0.717, 1.165) is 49.3 Å². The zero-order chi connectivity index (χ0) is 21.6. The molecule has 8 nitrogen and oxygen atoms in total. The lowest BCUT2D eigenvalue weighted by atomic mass is 9.96. The van der Waals surface area contributed by atoms with E-state index >= 15 is 0 Å². The smallest absolute Gasteiger partial charge is 0.227 e. The van der Waals surface area contributed by atoms with Crippen LogP contribution in [0.4, 0.5) is 4.39 Å². The Balaban J connectivity index is 1.22. The zero-order valence-electron chi connectivity index (χ0n) is 17.2. The number of rotatable bonds is 6. The van der Waals surface area contributed by atoms with Crippen molar-refractivity contribution in [1.29, 1.82) is 5.26 Å². The quantitative estimate of drug-likeness (QED) is 0.710. The third-order valence-corrected chi connectivity index (χ3v) is 5.83. The largest absolute Gasteiger partial charge is 0.340 e. The minimum absolute atomic E-state index is 0.126. The second-order valence-electron chi connectivity index (χ2n) is 7.81. The Morgan fingerprint density at radius 3 is 2.55 bits per heavy atom. The summed E-state index contributed by atoms with van der Waals surface area (Å²) in [6, 6.07) is 9.57. The van der Waals surface area contributed by atoms with Crippen molar-refractivity contribution in [2.24, 2.45) is 0 Å². The number of piperazine rings is 1. The second kappa shape index (κ2) is 9.62. The molecule has 1 fully saturated rings. The van der Waals surface area contributed by atoms with Crippen LogP contribution in [0.3, 0.4) is 0 Å². The van der Waals surface area contributed by atoms with E-state index in [4.69, 9.17) is 5.26 Å². The Kier molecular flexibility index (Phi) is 6.48. The molecule has 1 aromatic carbocycles. The number of allylic oxidation sites excluding steroid dienone is 3. The van der Waals surface area contributed by atoms with E-state index in [9.17, 15) is 9.18 Å². The van der Waals surface area contributed by atoms with Gasteiger partial charge in [0.25, 0.3) is 0 Å². The SMILES string of the molecule is N#CC1=C(F)C=C(CCN2CCN(C(=O)Cc3ccc(-n4cnnn4)cc3)CC2)CC1. The first-order valence-corrected chi connectivity index (χ1v) is 10.4. The second-order valence-corrected chi connectivity index (χ2v) is 7.81. The average Bonchev–Trinajstić information content (AvgIpc) is 3.33. The molecule has 2 aliphatic rings. The summed E-state index contributed by atoms with van der Waals surface area (Å²) < 4.78 is 15.4. The van der Waals surface area contributed by atoms with Gasteiger partial charge in [0.2, 0.25) is 5.91 Å². The molecule has 4 rings (SSSR count). The highest BCUT2D eigenvalue weighted by atomic mass is 19.1. The molecule has 0 saturated carbocycles. The van der Waals surface area contributed by atoms with E-state index in [2.05, 4.69) is 20.4 Å². The van der Waals surface area contributed by atoms with Crippen LogP contribution in [0.2, 0.25) is 0 Å². The molecule has 9 heteroatoms. The molecule has 1 aliphatic heterocycles. The molecule has 160 valence electrons. The van der Waals surface area contributed by atoms with Gasteiger partial charge in [-0.05, 0) is 53.5 Å². The molecule has 0 N–H and O–H groups in total. The number of aromatic nitrogens is 4. The number of benzene rings is 1. The van der Waals surface area contributed by atoms with Gasteiger partial charge in [-0.25, -0.2) is 9.07 Å². The molecule has 1 aromatic heterocycles. The standard InChI is InChI=1S/C22H24FN7O/c23-21-13-18(1-4-19(21)15-24)7-8-28-9-11-29(12-10-28)22(31)14-17-2-5-20(6-3-17)30-16-25-26-27-30/h2-3,5-6,13,16H,1,4,7-12,14H2. The van der Waals surface area contributed by atoms with E-state index in [1.165, 1.54) is 12.4 Å². The number of nitriles is 1. The fraction of sp³-hybridized carbons (Fsp3) is 0.409. The van der Waals surface area contributed by atoms with Crippen LogP contribution < -0.4 is 0 Å². The Morgan fingerprint density at radius 2 is 1.90 bits per heavy atom. The maximum Gasteiger partial charge on any atom is 0.227 e. The maximum atomic E-state index is 13.8. The van der Waals surface area contributed by atoms with Gasteiger partial charge >= 0.3 is 0 Å². The monoisotopic (exact) mass is 421 g/mol. The first-order valence-electron chi connectivity index (χ1n) is 10.4. The molecule has 0 unspecified atom stereocenters. The summed E-state index contributed by atoms with van der Waals surface area (Å²) in [5.74, 6) is -0.258. The first-order chi connectivity index (χ1) is 15.1. The van der Waals surface area contributed by atoms with Crippen LogP contribution in [0.15, 0.2) is 53.6 Å². The zero-order valence-corrected chi connectivity index (χ0v) is 17.2. The minimum atomic E-state index is -0.384. The van der Waals surface area contributed by atoms with Crippen molar-refractivity contribution < 1.29 is 9.18 Å². The van der Waals surface area contributed by atoms with Gasteiger partial charge in [0, 0.05) is 32.7 Å². The van der Waals surface area contributed by atoms with Crippen molar-refractivity contribution in [3.8, 4) is 11.8 Å². The highest BCUT2D eigenvalue weighted by Gasteiger charge is 2.22. The molecule has 2 aromatic rings. The number of hydrogen-bond acceptors (Lipinski definition) is 6. The Hall–Kier alpha value is -3.38. The molecule has 0 spiro atoms. The van der Waals surface area contributed by atoms with Crippen LogP contribution in [-0.2, 0) is 11.2 Å². The molecule has 0 bridgehead atoms. The average molecular weight is 421 g/mol. The Bertz CT molecular complexity index is 1010. The van der Waals surface area contributed by atoms with E-state index in [1.54, 1.807) is 4.68 Å². The van der Waals surface area contributed by atoms with Crippen molar-refractivity contribution in [1.82, 2.24) is 30.0 Å². The topological polar surface area (TPSA) is 90.9 Å². The molecule has 0 atom stereocenters. The first kappa shape index (κ1) is 20.9. The minimum Gasteiger partial charge on any atom is -0.340 e. The number of hydrogen-bond donors (Lipinski definition) is 0. The lowest BCUT2D eigenvalue weighted by Crippen LogP contribution is -2.49. The summed E-state index contributed by atoms with van der Waals surface area (Å²) in [5, 5.41) is 20.0. The summed E-state index contributed by atoms with van der Waals surface area (Å²) in [5.41, 5.74) is 3.11. The van der Waals surface area contributed by atoms with Gasteiger partial charge in [0.1, 0.15) is 12.2 Å². The third-order valence-electron chi connectivity index (χ3n) is 5.83.